The number of hydrogen-bond acceptors (Lipinski definition) is 3. The van der Waals surface area contributed by atoms with E-state index in [2.05, 4.69) is 4.90 Å². The number of primary amides is 1. The summed E-state index contributed by atoms with van der Waals surface area (Å²) >= 11 is 6.13. The second-order valence-corrected chi connectivity index (χ2v) is 7.68. The number of benzene rings is 1. The van der Waals surface area contributed by atoms with Crippen LogP contribution in [0, 0.1) is 17.7 Å². The predicted molar refractivity (Wildman–Crippen MR) is 97.9 cm³/mol. The lowest BCUT2D eigenvalue weighted by Crippen LogP contribution is -2.48. The van der Waals surface area contributed by atoms with Gasteiger partial charge in [-0.3, -0.25) is 14.5 Å². The zero-order valence-corrected chi connectivity index (χ0v) is 15.6. The van der Waals surface area contributed by atoms with E-state index in [9.17, 15) is 14.0 Å². The third-order valence-corrected chi connectivity index (χ3v) is 5.86. The number of halogens is 2. The van der Waals surface area contributed by atoms with E-state index in [0.29, 0.717) is 49.6 Å². The number of carbonyl (C=O) groups excluding carboxylic acids is 2. The van der Waals surface area contributed by atoms with E-state index in [1.807, 2.05) is 4.90 Å². The van der Waals surface area contributed by atoms with Gasteiger partial charge in [0.15, 0.2) is 0 Å². The van der Waals surface area contributed by atoms with E-state index in [0.717, 1.165) is 19.4 Å². The van der Waals surface area contributed by atoms with Crippen LogP contribution in [-0.4, -0.2) is 47.8 Å². The van der Waals surface area contributed by atoms with Gasteiger partial charge in [0, 0.05) is 42.7 Å². The van der Waals surface area contributed by atoms with Crippen molar-refractivity contribution >= 4 is 23.4 Å². The first kappa shape index (κ1) is 19.1. The topological polar surface area (TPSA) is 66.6 Å². The molecule has 2 fully saturated rings. The van der Waals surface area contributed by atoms with Gasteiger partial charge >= 0.3 is 0 Å². The fourth-order valence-corrected chi connectivity index (χ4v) is 4.17. The van der Waals surface area contributed by atoms with Crippen molar-refractivity contribution in [2.24, 2.45) is 17.6 Å². The Morgan fingerprint density at radius 2 is 1.88 bits per heavy atom. The first-order valence-electron chi connectivity index (χ1n) is 9.19. The number of nitrogens with zero attached hydrogens (tertiary/aromatic N) is 2. The number of piperidine rings is 2. The minimum absolute atomic E-state index is 0.0839. The zero-order valence-electron chi connectivity index (χ0n) is 14.8. The molecule has 2 N–H and O–H groups in total. The van der Waals surface area contributed by atoms with Crippen LogP contribution < -0.4 is 5.73 Å². The van der Waals surface area contributed by atoms with Gasteiger partial charge in [-0.05, 0) is 44.4 Å². The number of carbonyl (C=O) groups is 2. The Morgan fingerprint density at radius 3 is 2.54 bits per heavy atom. The summed E-state index contributed by atoms with van der Waals surface area (Å²) in [5.74, 6) is -0.649. The number of nitrogens with two attached hydrogens (primary N) is 1. The molecule has 2 aliphatic rings. The van der Waals surface area contributed by atoms with E-state index in [1.165, 1.54) is 6.07 Å². The minimum Gasteiger partial charge on any atom is -0.369 e. The monoisotopic (exact) mass is 381 g/mol. The molecule has 2 amide bonds. The van der Waals surface area contributed by atoms with E-state index in [1.54, 1.807) is 12.1 Å². The Kier molecular flexibility index (Phi) is 6.14. The summed E-state index contributed by atoms with van der Waals surface area (Å²) in [5.41, 5.74) is 5.85. The van der Waals surface area contributed by atoms with Gasteiger partial charge in [-0.15, -0.1) is 0 Å². The Hall–Kier alpha value is -1.66. The molecular weight excluding hydrogens is 357 g/mol. The first-order valence-corrected chi connectivity index (χ1v) is 9.57. The molecule has 0 bridgehead atoms. The lowest BCUT2D eigenvalue weighted by atomic mass is 9.92. The highest BCUT2D eigenvalue weighted by Crippen LogP contribution is 2.26. The van der Waals surface area contributed by atoms with Gasteiger partial charge in [0.2, 0.25) is 11.8 Å². The lowest BCUT2D eigenvalue weighted by molar-refractivity contribution is -0.140. The van der Waals surface area contributed by atoms with Crippen LogP contribution in [-0.2, 0) is 16.1 Å². The Labute approximate surface area is 158 Å². The summed E-state index contributed by atoms with van der Waals surface area (Å²) in [6.45, 7) is 3.03. The normalized spacial score (nSPS) is 22.4. The molecule has 0 radical (unpaired) electrons. The maximum Gasteiger partial charge on any atom is 0.226 e. The molecule has 0 saturated carbocycles. The third-order valence-electron chi connectivity index (χ3n) is 5.51. The second-order valence-electron chi connectivity index (χ2n) is 7.28. The summed E-state index contributed by atoms with van der Waals surface area (Å²) in [6.07, 6.45) is 3.03. The summed E-state index contributed by atoms with van der Waals surface area (Å²) in [6, 6.07) is 4.70. The van der Waals surface area contributed by atoms with Crippen molar-refractivity contribution in [1.82, 2.24) is 9.80 Å². The standard InChI is InChI=1S/C19H25ClFN3O2/c20-16-4-1-5-17(21)15(16)12-23-8-2-3-14(11-23)19(26)24-9-6-13(7-10-24)18(22)25/h1,4-5,13-14H,2-3,6-12H2,(H2,22,25). The third kappa shape index (κ3) is 4.35. The molecule has 1 unspecified atom stereocenters. The molecule has 1 atom stereocenters. The smallest absolute Gasteiger partial charge is 0.226 e. The number of rotatable bonds is 4. The molecule has 2 aliphatic heterocycles. The van der Waals surface area contributed by atoms with Crippen LogP contribution in [0.4, 0.5) is 4.39 Å². The van der Waals surface area contributed by atoms with Crippen LogP contribution in [0.2, 0.25) is 5.02 Å². The van der Waals surface area contributed by atoms with E-state index in [-0.39, 0.29) is 29.5 Å². The van der Waals surface area contributed by atoms with Crippen molar-refractivity contribution < 1.29 is 14.0 Å². The van der Waals surface area contributed by atoms with Crippen molar-refractivity contribution in [3.8, 4) is 0 Å². The number of hydrogen-bond donors (Lipinski definition) is 1. The Balaban J connectivity index is 1.58. The average molecular weight is 382 g/mol. The molecule has 0 spiro atoms. The molecule has 142 valence electrons. The van der Waals surface area contributed by atoms with Gasteiger partial charge < -0.3 is 10.6 Å². The molecule has 26 heavy (non-hydrogen) atoms. The highest BCUT2D eigenvalue weighted by Gasteiger charge is 2.32. The molecule has 3 rings (SSSR count). The fourth-order valence-electron chi connectivity index (χ4n) is 3.95. The molecule has 2 heterocycles. The van der Waals surface area contributed by atoms with Crippen LogP contribution in [0.3, 0.4) is 0 Å². The van der Waals surface area contributed by atoms with Crippen LogP contribution in [0.1, 0.15) is 31.2 Å². The van der Waals surface area contributed by atoms with Crippen molar-refractivity contribution in [3.63, 3.8) is 0 Å². The van der Waals surface area contributed by atoms with Gasteiger partial charge in [-0.1, -0.05) is 17.7 Å². The SMILES string of the molecule is NC(=O)C1CCN(C(=O)C2CCCN(Cc3c(F)cccc3Cl)C2)CC1. The van der Waals surface area contributed by atoms with Crippen LogP contribution in [0.5, 0.6) is 0 Å². The van der Waals surface area contributed by atoms with E-state index < -0.39 is 0 Å². The number of likely N-dealkylation sites (tertiary alicyclic amines) is 2. The predicted octanol–water partition coefficient (Wildman–Crippen LogP) is 2.41. The summed E-state index contributed by atoms with van der Waals surface area (Å²) < 4.78 is 14.0. The second kappa shape index (κ2) is 8.35. The van der Waals surface area contributed by atoms with Gasteiger partial charge in [0.25, 0.3) is 0 Å². The van der Waals surface area contributed by atoms with E-state index >= 15 is 0 Å². The first-order chi connectivity index (χ1) is 12.5. The maximum absolute atomic E-state index is 14.0. The molecule has 0 aliphatic carbocycles. The van der Waals surface area contributed by atoms with Gasteiger partial charge in [0.05, 0.1) is 5.92 Å². The molecule has 5 nitrogen and oxygen atoms in total. The quantitative estimate of drug-likeness (QED) is 0.870. The van der Waals surface area contributed by atoms with Gasteiger partial charge in [-0.2, -0.15) is 0 Å². The van der Waals surface area contributed by atoms with Gasteiger partial charge in [0.1, 0.15) is 5.82 Å². The fraction of sp³-hybridized carbons (Fsp3) is 0.579. The highest BCUT2D eigenvalue weighted by molar-refractivity contribution is 6.31. The summed E-state index contributed by atoms with van der Waals surface area (Å²) in [7, 11) is 0. The Bertz CT molecular complexity index is 656. The van der Waals surface area contributed by atoms with Crippen molar-refractivity contribution in [2.75, 3.05) is 26.2 Å². The molecule has 0 aromatic heterocycles. The van der Waals surface area contributed by atoms with E-state index in [4.69, 9.17) is 17.3 Å². The van der Waals surface area contributed by atoms with Gasteiger partial charge in [-0.25, -0.2) is 4.39 Å². The maximum atomic E-state index is 14.0. The largest absolute Gasteiger partial charge is 0.369 e. The van der Waals surface area contributed by atoms with Crippen LogP contribution in [0.25, 0.3) is 0 Å². The van der Waals surface area contributed by atoms with Crippen LogP contribution in [0.15, 0.2) is 18.2 Å². The number of amides is 2. The minimum atomic E-state index is -0.306. The molecule has 7 heteroatoms. The molecule has 1 aromatic rings. The summed E-state index contributed by atoms with van der Waals surface area (Å²) in [4.78, 5) is 28.1. The van der Waals surface area contributed by atoms with Crippen LogP contribution >= 0.6 is 11.6 Å². The van der Waals surface area contributed by atoms with Crippen molar-refractivity contribution in [3.05, 3.63) is 34.6 Å². The highest BCUT2D eigenvalue weighted by atomic mass is 35.5. The molecule has 2 saturated heterocycles. The van der Waals surface area contributed by atoms with Crippen molar-refractivity contribution in [2.45, 2.75) is 32.2 Å². The summed E-state index contributed by atoms with van der Waals surface area (Å²) in [5, 5.41) is 0.423. The Morgan fingerprint density at radius 1 is 1.15 bits per heavy atom. The zero-order chi connectivity index (χ0) is 18.7. The lowest BCUT2D eigenvalue weighted by Gasteiger charge is -2.37. The molecular formula is C19H25ClFN3O2. The molecule has 1 aromatic carbocycles. The average Bonchev–Trinajstić information content (AvgIpc) is 2.64. The van der Waals surface area contributed by atoms with Crippen molar-refractivity contribution in [1.29, 1.82) is 0 Å².